The number of hydrogen-bond donors (Lipinski definition) is 1. The van der Waals surface area contributed by atoms with Gasteiger partial charge in [0.25, 0.3) is 0 Å². The summed E-state index contributed by atoms with van der Waals surface area (Å²) in [6.07, 6.45) is 2.37. The van der Waals surface area contributed by atoms with E-state index in [2.05, 4.69) is 27.7 Å². The highest BCUT2D eigenvalue weighted by atomic mass is 14.7. The topological polar surface area (TPSA) is 26.0 Å². The minimum atomic E-state index is 0.0232. The van der Waals surface area contributed by atoms with E-state index < -0.39 is 0 Å². The van der Waals surface area contributed by atoms with Gasteiger partial charge in [-0.25, -0.2) is 0 Å². The molecule has 0 amide bonds. The summed E-state index contributed by atoms with van der Waals surface area (Å²) < 4.78 is 0. The molecule has 0 rings (SSSR count). The third-order valence-electron chi connectivity index (χ3n) is 1.57. The highest BCUT2D eigenvalue weighted by Crippen LogP contribution is 2.15. The maximum atomic E-state index is 5.81. The molecule has 9 heavy (non-hydrogen) atoms. The van der Waals surface area contributed by atoms with Gasteiger partial charge in [-0.05, 0) is 26.2 Å². The molecular weight excluding hydrogens is 110 g/mol. The van der Waals surface area contributed by atoms with Crippen molar-refractivity contribution in [2.45, 2.75) is 46.1 Å². The summed E-state index contributed by atoms with van der Waals surface area (Å²) in [6.45, 7) is 8.61. The van der Waals surface area contributed by atoms with Gasteiger partial charge in [0.15, 0.2) is 0 Å². The van der Waals surface area contributed by atoms with Crippen molar-refractivity contribution in [3.8, 4) is 0 Å². The second-order valence-corrected chi connectivity index (χ2v) is 3.71. The first-order chi connectivity index (χ1) is 3.95. The Morgan fingerprint density at radius 3 is 2.00 bits per heavy atom. The normalized spacial score (nSPS) is 15.7. The van der Waals surface area contributed by atoms with Gasteiger partial charge in [-0.1, -0.05) is 20.3 Å². The molecular formula is C8H19N. The van der Waals surface area contributed by atoms with Crippen LogP contribution in [-0.2, 0) is 0 Å². The third kappa shape index (κ3) is 5.84. The quantitative estimate of drug-likeness (QED) is 0.621. The molecule has 0 saturated heterocycles. The smallest absolute Gasteiger partial charge is 0.00995 e. The summed E-state index contributed by atoms with van der Waals surface area (Å²) in [7, 11) is 0. The summed E-state index contributed by atoms with van der Waals surface area (Å²) in [5.74, 6) is 0.769. The first-order valence-corrected chi connectivity index (χ1v) is 3.74. The van der Waals surface area contributed by atoms with E-state index in [1.807, 2.05) is 0 Å². The van der Waals surface area contributed by atoms with Crippen LogP contribution in [0.1, 0.15) is 40.5 Å². The summed E-state index contributed by atoms with van der Waals surface area (Å²) in [6, 6.07) is 0. The Morgan fingerprint density at radius 1 is 1.44 bits per heavy atom. The lowest BCUT2D eigenvalue weighted by Crippen LogP contribution is -2.33. The first-order valence-electron chi connectivity index (χ1n) is 3.74. The molecule has 1 nitrogen and oxygen atoms in total. The molecule has 0 unspecified atom stereocenters. The SMILES string of the molecule is CC[C@@H](C)CC(C)(C)N. The second kappa shape index (κ2) is 3.21. The van der Waals surface area contributed by atoms with Crippen molar-refractivity contribution in [1.29, 1.82) is 0 Å². The van der Waals surface area contributed by atoms with Crippen LogP contribution in [0.3, 0.4) is 0 Å². The van der Waals surface area contributed by atoms with E-state index in [9.17, 15) is 0 Å². The lowest BCUT2D eigenvalue weighted by Gasteiger charge is -2.21. The fourth-order valence-electron chi connectivity index (χ4n) is 1.04. The minimum absolute atomic E-state index is 0.0232. The van der Waals surface area contributed by atoms with Crippen LogP contribution in [0.25, 0.3) is 0 Å². The molecule has 0 aromatic heterocycles. The van der Waals surface area contributed by atoms with E-state index in [1.165, 1.54) is 6.42 Å². The van der Waals surface area contributed by atoms with Crippen molar-refractivity contribution in [2.24, 2.45) is 11.7 Å². The molecule has 0 aromatic rings. The maximum Gasteiger partial charge on any atom is 0.00995 e. The predicted octanol–water partition coefficient (Wildman–Crippen LogP) is 2.16. The molecule has 1 heteroatoms. The van der Waals surface area contributed by atoms with Gasteiger partial charge >= 0.3 is 0 Å². The number of hydrogen-bond acceptors (Lipinski definition) is 1. The van der Waals surface area contributed by atoms with E-state index in [-0.39, 0.29) is 5.54 Å². The van der Waals surface area contributed by atoms with Gasteiger partial charge < -0.3 is 5.73 Å². The van der Waals surface area contributed by atoms with Crippen molar-refractivity contribution >= 4 is 0 Å². The fraction of sp³-hybridized carbons (Fsp3) is 1.00. The average molecular weight is 129 g/mol. The van der Waals surface area contributed by atoms with Gasteiger partial charge in [0.2, 0.25) is 0 Å². The molecule has 0 spiro atoms. The van der Waals surface area contributed by atoms with Gasteiger partial charge in [-0.2, -0.15) is 0 Å². The number of rotatable bonds is 3. The van der Waals surface area contributed by atoms with Crippen LogP contribution in [0.2, 0.25) is 0 Å². The molecule has 56 valence electrons. The van der Waals surface area contributed by atoms with Gasteiger partial charge in [-0.15, -0.1) is 0 Å². The Balaban J connectivity index is 3.47. The second-order valence-electron chi connectivity index (χ2n) is 3.71. The zero-order valence-corrected chi connectivity index (χ0v) is 7.07. The van der Waals surface area contributed by atoms with E-state index in [0.29, 0.717) is 0 Å². The Kier molecular flexibility index (Phi) is 3.20. The molecule has 2 N–H and O–H groups in total. The van der Waals surface area contributed by atoms with Crippen LogP contribution >= 0.6 is 0 Å². The summed E-state index contributed by atoms with van der Waals surface area (Å²) >= 11 is 0. The third-order valence-corrected chi connectivity index (χ3v) is 1.57. The molecule has 0 aliphatic carbocycles. The molecule has 0 saturated carbocycles. The lowest BCUT2D eigenvalue weighted by atomic mass is 9.91. The maximum absolute atomic E-state index is 5.81. The highest BCUT2D eigenvalue weighted by Gasteiger charge is 2.13. The zero-order chi connectivity index (χ0) is 7.49. The van der Waals surface area contributed by atoms with Crippen LogP contribution in [0.5, 0.6) is 0 Å². The number of nitrogens with two attached hydrogens (primary N) is 1. The van der Waals surface area contributed by atoms with Crippen molar-refractivity contribution in [3.63, 3.8) is 0 Å². The van der Waals surface area contributed by atoms with Crippen molar-refractivity contribution in [2.75, 3.05) is 0 Å². The molecule has 0 bridgehead atoms. The Labute approximate surface area is 58.6 Å². The molecule has 0 fully saturated rings. The van der Waals surface area contributed by atoms with E-state index in [4.69, 9.17) is 5.73 Å². The molecule has 0 radical (unpaired) electrons. The van der Waals surface area contributed by atoms with E-state index in [1.54, 1.807) is 0 Å². The van der Waals surface area contributed by atoms with Crippen LogP contribution < -0.4 is 5.73 Å². The molecule has 0 heterocycles. The van der Waals surface area contributed by atoms with Gasteiger partial charge in [0, 0.05) is 5.54 Å². The summed E-state index contributed by atoms with van der Waals surface area (Å²) in [5.41, 5.74) is 5.84. The lowest BCUT2D eigenvalue weighted by molar-refractivity contribution is 0.373. The van der Waals surface area contributed by atoms with Crippen LogP contribution in [0.4, 0.5) is 0 Å². The fourth-order valence-corrected chi connectivity index (χ4v) is 1.04. The monoisotopic (exact) mass is 129 g/mol. The van der Waals surface area contributed by atoms with E-state index in [0.717, 1.165) is 12.3 Å². The standard InChI is InChI=1S/C8H19N/c1-5-7(2)6-8(3,4)9/h7H,5-6,9H2,1-4H3/t7-/m1/s1. The minimum Gasteiger partial charge on any atom is -0.326 e. The van der Waals surface area contributed by atoms with Crippen molar-refractivity contribution < 1.29 is 0 Å². The Morgan fingerprint density at radius 2 is 1.89 bits per heavy atom. The summed E-state index contributed by atoms with van der Waals surface area (Å²) in [5, 5.41) is 0. The highest BCUT2D eigenvalue weighted by molar-refractivity contribution is 4.73. The van der Waals surface area contributed by atoms with Crippen LogP contribution in [0, 0.1) is 5.92 Å². The van der Waals surface area contributed by atoms with Crippen LogP contribution in [0.15, 0.2) is 0 Å². The van der Waals surface area contributed by atoms with Crippen molar-refractivity contribution in [3.05, 3.63) is 0 Å². The largest absolute Gasteiger partial charge is 0.326 e. The van der Waals surface area contributed by atoms with Crippen LogP contribution in [-0.4, -0.2) is 5.54 Å². The van der Waals surface area contributed by atoms with Gasteiger partial charge in [-0.3, -0.25) is 0 Å². The molecule has 0 aliphatic rings. The predicted molar refractivity (Wildman–Crippen MR) is 42.3 cm³/mol. The zero-order valence-electron chi connectivity index (χ0n) is 7.07. The van der Waals surface area contributed by atoms with E-state index >= 15 is 0 Å². The summed E-state index contributed by atoms with van der Waals surface area (Å²) in [4.78, 5) is 0. The average Bonchev–Trinajstić information content (AvgIpc) is 1.62. The van der Waals surface area contributed by atoms with Crippen molar-refractivity contribution in [1.82, 2.24) is 0 Å². The molecule has 0 aliphatic heterocycles. The van der Waals surface area contributed by atoms with Gasteiger partial charge in [0.05, 0.1) is 0 Å². The Hall–Kier alpha value is -0.0400. The molecule has 1 atom stereocenters. The first kappa shape index (κ1) is 8.96. The van der Waals surface area contributed by atoms with Gasteiger partial charge in [0.1, 0.15) is 0 Å². The Bertz CT molecular complexity index is 71.1. The molecule has 0 aromatic carbocycles.